The summed E-state index contributed by atoms with van der Waals surface area (Å²) in [6.45, 7) is 1.70. The van der Waals surface area contributed by atoms with Gasteiger partial charge in [0.2, 0.25) is 0 Å². The SMILES string of the molecule is COC1(CNc2cccc(Br)c2C(=O)O)CCOC1. The van der Waals surface area contributed by atoms with Crippen LogP contribution in [0.1, 0.15) is 16.8 Å². The van der Waals surface area contributed by atoms with Crippen LogP contribution in [-0.4, -0.2) is 43.5 Å². The second-order valence-corrected chi connectivity index (χ2v) is 5.37. The molecule has 0 saturated carbocycles. The fourth-order valence-electron chi connectivity index (χ4n) is 2.11. The molecular formula is C13H16BrNO4. The molecule has 0 bridgehead atoms. The Morgan fingerprint density at radius 1 is 1.63 bits per heavy atom. The number of carbonyl (C=O) groups is 1. The van der Waals surface area contributed by atoms with E-state index in [0.717, 1.165) is 6.42 Å². The van der Waals surface area contributed by atoms with Crippen LogP contribution >= 0.6 is 15.9 Å². The molecule has 1 unspecified atom stereocenters. The molecule has 0 amide bonds. The van der Waals surface area contributed by atoms with E-state index in [4.69, 9.17) is 9.47 Å². The lowest BCUT2D eigenvalue weighted by atomic mass is 10.0. The van der Waals surface area contributed by atoms with Gasteiger partial charge in [0.25, 0.3) is 0 Å². The summed E-state index contributed by atoms with van der Waals surface area (Å²) in [5, 5.41) is 12.4. The quantitative estimate of drug-likeness (QED) is 0.868. The fourth-order valence-corrected chi connectivity index (χ4v) is 2.64. The van der Waals surface area contributed by atoms with Gasteiger partial charge < -0.3 is 19.9 Å². The second-order valence-electron chi connectivity index (χ2n) is 4.51. The molecule has 1 aliphatic rings. The van der Waals surface area contributed by atoms with Gasteiger partial charge in [0.15, 0.2) is 0 Å². The van der Waals surface area contributed by atoms with Crippen LogP contribution in [0.4, 0.5) is 5.69 Å². The Bertz CT molecular complexity index is 472. The number of carboxylic acids is 1. The lowest BCUT2D eigenvalue weighted by Gasteiger charge is -2.26. The van der Waals surface area contributed by atoms with Gasteiger partial charge in [0.1, 0.15) is 5.60 Å². The minimum Gasteiger partial charge on any atom is -0.478 e. The van der Waals surface area contributed by atoms with E-state index in [1.54, 1.807) is 25.3 Å². The smallest absolute Gasteiger partial charge is 0.338 e. The molecule has 1 saturated heterocycles. The zero-order valence-corrected chi connectivity index (χ0v) is 12.2. The van der Waals surface area contributed by atoms with E-state index in [1.165, 1.54) is 0 Å². The molecule has 0 radical (unpaired) electrons. The summed E-state index contributed by atoms with van der Waals surface area (Å²) in [4.78, 5) is 11.3. The van der Waals surface area contributed by atoms with E-state index < -0.39 is 5.97 Å². The van der Waals surface area contributed by atoms with Crippen molar-refractivity contribution in [1.29, 1.82) is 0 Å². The highest BCUT2D eigenvalue weighted by Gasteiger charge is 2.35. The zero-order chi connectivity index (χ0) is 13.9. The summed E-state index contributed by atoms with van der Waals surface area (Å²) in [5.41, 5.74) is 0.427. The van der Waals surface area contributed by atoms with Crippen molar-refractivity contribution in [3.63, 3.8) is 0 Å². The molecule has 104 valence electrons. The standard InChI is InChI=1S/C13H16BrNO4/c1-18-13(5-6-19-8-13)7-15-10-4-2-3-9(14)11(10)12(16)17/h2-4,15H,5-8H2,1H3,(H,16,17). The largest absolute Gasteiger partial charge is 0.478 e. The summed E-state index contributed by atoms with van der Waals surface area (Å²) in [6, 6.07) is 5.25. The number of hydrogen-bond acceptors (Lipinski definition) is 4. The number of ether oxygens (including phenoxy) is 2. The number of benzene rings is 1. The minimum atomic E-state index is -0.968. The number of carboxylic acid groups (broad SMARTS) is 1. The monoisotopic (exact) mass is 329 g/mol. The predicted molar refractivity (Wildman–Crippen MR) is 74.8 cm³/mol. The van der Waals surface area contributed by atoms with Crippen LogP contribution in [0.5, 0.6) is 0 Å². The lowest BCUT2D eigenvalue weighted by molar-refractivity contribution is -0.00622. The van der Waals surface area contributed by atoms with Crippen molar-refractivity contribution in [2.24, 2.45) is 0 Å². The Morgan fingerprint density at radius 2 is 2.42 bits per heavy atom. The van der Waals surface area contributed by atoms with Crippen LogP contribution in [0.25, 0.3) is 0 Å². The summed E-state index contributed by atoms with van der Waals surface area (Å²) >= 11 is 3.25. The third-order valence-corrected chi connectivity index (χ3v) is 3.99. The van der Waals surface area contributed by atoms with Crippen molar-refractivity contribution >= 4 is 27.6 Å². The molecule has 1 aromatic rings. The number of aromatic carboxylic acids is 1. The molecule has 0 aliphatic carbocycles. The molecular weight excluding hydrogens is 314 g/mol. The average molecular weight is 330 g/mol. The first-order valence-electron chi connectivity index (χ1n) is 5.96. The Labute approximate surface area is 120 Å². The van der Waals surface area contributed by atoms with Crippen LogP contribution in [0.15, 0.2) is 22.7 Å². The van der Waals surface area contributed by atoms with E-state index >= 15 is 0 Å². The molecule has 6 heteroatoms. The number of methoxy groups -OCH3 is 1. The van der Waals surface area contributed by atoms with Crippen LogP contribution < -0.4 is 5.32 Å². The molecule has 1 fully saturated rings. The van der Waals surface area contributed by atoms with Crippen LogP contribution in [0.3, 0.4) is 0 Å². The second kappa shape index (κ2) is 5.90. The van der Waals surface area contributed by atoms with Gasteiger partial charge in [-0.1, -0.05) is 6.07 Å². The third kappa shape index (κ3) is 3.08. The van der Waals surface area contributed by atoms with Gasteiger partial charge in [0, 0.05) is 36.8 Å². The summed E-state index contributed by atoms with van der Waals surface area (Å²) < 4.78 is 11.4. The maximum absolute atomic E-state index is 11.3. The number of hydrogen-bond donors (Lipinski definition) is 2. The van der Waals surface area contributed by atoms with E-state index in [0.29, 0.717) is 29.9 Å². The highest BCUT2D eigenvalue weighted by Crippen LogP contribution is 2.27. The molecule has 1 aliphatic heterocycles. The van der Waals surface area contributed by atoms with Gasteiger partial charge in [0.05, 0.1) is 12.2 Å². The van der Waals surface area contributed by atoms with Crippen molar-refractivity contribution in [2.75, 3.05) is 32.2 Å². The normalized spacial score (nSPS) is 22.4. The van der Waals surface area contributed by atoms with E-state index in [1.807, 2.05) is 0 Å². The maximum atomic E-state index is 11.3. The molecule has 2 rings (SSSR count). The first-order valence-corrected chi connectivity index (χ1v) is 6.76. The third-order valence-electron chi connectivity index (χ3n) is 3.33. The van der Waals surface area contributed by atoms with E-state index in [-0.39, 0.29) is 11.2 Å². The minimum absolute atomic E-state index is 0.229. The first-order chi connectivity index (χ1) is 9.08. The van der Waals surface area contributed by atoms with Crippen LogP contribution in [0, 0.1) is 0 Å². The predicted octanol–water partition coefficient (Wildman–Crippen LogP) is 2.36. The number of rotatable bonds is 5. The van der Waals surface area contributed by atoms with Gasteiger partial charge in [-0.05, 0) is 28.1 Å². The Morgan fingerprint density at radius 3 is 3.00 bits per heavy atom. The molecule has 5 nitrogen and oxygen atoms in total. The molecule has 0 aromatic heterocycles. The van der Waals surface area contributed by atoms with Crippen molar-refractivity contribution in [3.8, 4) is 0 Å². The maximum Gasteiger partial charge on any atom is 0.338 e. The molecule has 2 N–H and O–H groups in total. The van der Waals surface area contributed by atoms with Gasteiger partial charge in [-0.15, -0.1) is 0 Å². The van der Waals surface area contributed by atoms with E-state index in [2.05, 4.69) is 21.2 Å². The van der Waals surface area contributed by atoms with E-state index in [9.17, 15) is 9.90 Å². The van der Waals surface area contributed by atoms with Crippen molar-refractivity contribution in [2.45, 2.75) is 12.0 Å². The van der Waals surface area contributed by atoms with Crippen molar-refractivity contribution in [1.82, 2.24) is 0 Å². The fraction of sp³-hybridized carbons (Fsp3) is 0.462. The highest BCUT2D eigenvalue weighted by molar-refractivity contribution is 9.10. The van der Waals surface area contributed by atoms with Gasteiger partial charge in [-0.2, -0.15) is 0 Å². The first kappa shape index (κ1) is 14.3. The lowest BCUT2D eigenvalue weighted by Crippen LogP contribution is -2.39. The summed E-state index contributed by atoms with van der Waals surface area (Å²) in [6.07, 6.45) is 0.799. The zero-order valence-electron chi connectivity index (χ0n) is 10.6. The van der Waals surface area contributed by atoms with Gasteiger partial charge in [-0.3, -0.25) is 0 Å². The Hall–Kier alpha value is -1.11. The Kier molecular flexibility index (Phi) is 4.44. The number of halogens is 1. The summed E-state index contributed by atoms with van der Waals surface area (Å²) in [5.74, 6) is -0.968. The number of anilines is 1. The van der Waals surface area contributed by atoms with Gasteiger partial charge >= 0.3 is 5.97 Å². The van der Waals surface area contributed by atoms with Crippen molar-refractivity contribution < 1.29 is 19.4 Å². The van der Waals surface area contributed by atoms with Gasteiger partial charge in [-0.25, -0.2) is 4.79 Å². The van der Waals surface area contributed by atoms with Crippen LogP contribution in [0.2, 0.25) is 0 Å². The number of nitrogens with one attached hydrogen (secondary N) is 1. The Balaban J connectivity index is 2.15. The van der Waals surface area contributed by atoms with Crippen molar-refractivity contribution in [3.05, 3.63) is 28.2 Å². The van der Waals surface area contributed by atoms with Crippen LogP contribution in [-0.2, 0) is 9.47 Å². The molecule has 1 atom stereocenters. The average Bonchev–Trinajstić information content (AvgIpc) is 2.85. The molecule has 1 heterocycles. The molecule has 1 aromatic carbocycles. The molecule has 0 spiro atoms. The molecule has 19 heavy (non-hydrogen) atoms. The summed E-state index contributed by atoms with van der Waals surface area (Å²) in [7, 11) is 1.65. The topological polar surface area (TPSA) is 67.8 Å². The highest BCUT2D eigenvalue weighted by atomic mass is 79.9.